The van der Waals surface area contributed by atoms with E-state index in [1.165, 1.54) is 28.4 Å². The van der Waals surface area contributed by atoms with Crippen LogP contribution in [-0.4, -0.2) is 84.0 Å². The topological polar surface area (TPSA) is 163 Å². The third-order valence-electron chi connectivity index (χ3n) is 3.96. The Bertz CT molecular complexity index is 887. The summed E-state index contributed by atoms with van der Waals surface area (Å²) >= 11 is 3.76. The van der Waals surface area contributed by atoms with E-state index < -0.39 is 35.7 Å². The smallest absolute Gasteiger partial charge is 0.352 e. The van der Waals surface area contributed by atoms with E-state index in [1.54, 1.807) is 6.26 Å². The lowest BCUT2D eigenvalue weighted by molar-refractivity contribution is -0.150. The van der Waals surface area contributed by atoms with Crippen molar-refractivity contribution in [1.29, 1.82) is 0 Å². The molecule has 29 heavy (non-hydrogen) atoms. The first kappa shape index (κ1) is 21.5. The third-order valence-corrected chi connectivity index (χ3v) is 6.76. The first-order valence-corrected chi connectivity index (χ1v) is 11.6. The standard InChI is InChI=1S/C15H16N4O7S3/c1-27-5-7(20)16-10-12(23)19-11(14(24)25)6(3-28-13(10)19)4-29-15-18-17-8(26-15)2-9(21)22/h10,13H,2-5H2,1H3,(H,16,20)(H,21,22)(H,24,25)/t10?,13-/m1/s1. The summed E-state index contributed by atoms with van der Waals surface area (Å²) in [5.74, 6) is -2.36. The van der Waals surface area contributed by atoms with Gasteiger partial charge in [0.1, 0.15) is 23.5 Å². The number of nitrogens with one attached hydrogen (secondary N) is 1. The largest absolute Gasteiger partial charge is 0.481 e. The molecule has 0 spiro atoms. The Kier molecular flexibility index (Phi) is 6.74. The number of carboxylic acid groups (broad SMARTS) is 2. The van der Waals surface area contributed by atoms with Crippen molar-refractivity contribution in [3.8, 4) is 0 Å². The Morgan fingerprint density at radius 3 is 2.76 bits per heavy atom. The molecule has 3 heterocycles. The molecule has 0 bridgehead atoms. The molecule has 0 aromatic carbocycles. The van der Waals surface area contributed by atoms with Crippen LogP contribution >= 0.6 is 35.3 Å². The van der Waals surface area contributed by atoms with Gasteiger partial charge >= 0.3 is 11.9 Å². The van der Waals surface area contributed by atoms with Crippen molar-refractivity contribution < 1.29 is 33.8 Å². The summed E-state index contributed by atoms with van der Waals surface area (Å²) in [6, 6.07) is -0.738. The first-order valence-electron chi connectivity index (χ1n) is 8.17. The van der Waals surface area contributed by atoms with Crippen molar-refractivity contribution in [3.05, 3.63) is 17.2 Å². The zero-order valence-corrected chi connectivity index (χ0v) is 17.4. The number of aliphatic carboxylic acids is 2. The molecule has 0 saturated carbocycles. The van der Waals surface area contributed by atoms with Crippen molar-refractivity contribution in [2.75, 3.05) is 23.5 Å². The van der Waals surface area contributed by atoms with Gasteiger partial charge in [-0.2, -0.15) is 11.8 Å². The number of hydrogen-bond acceptors (Lipinski definition) is 10. The third kappa shape index (κ3) is 4.70. The second-order valence-corrected chi connectivity index (χ2v) is 8.86. The second-order valence-electron chi connectivity index (χ2n) is 5.97. The van der Waals surface area contributed by atoms with Crippen LogP contribution in [0.5, 0.6) is 0 Å². The van der Waals surface area contributed by atoms with Crippen LogP contribution in [0.4, 0.5) is 0 Å². The summed E-state index contributed by atoms with van der Waals surface area (Å²) in [7, 11) is 0. The van der Waals surface area contributed by atoms with E-state index in [0.717, 1.165) is 11.8 Å². The molecular formula is C15H16N4O7S3. The Morgan fingerprint density at radius 1 is 1.34 bits per heavy atom. The van der Waals surface area contributed by atoms with Gasteiger partial charge in [0.2, 0.25) is 11.8 Å². The summed E-state index contributed by atoms with van der Waals surface area (Å²) in [5, 5.41) is 28.0. The molecule has 1 saturated heterocycles. The van der Waals surface area contributed by atoms with Crippen molar-refractivity contribution >= 4 is 59.0 Å². The van der Waals surface area contributed by atoms with Gasteiger partial charge in [-0.25, -0.2) is 4.79 Å². The Balaban J connectivity index is 1.69. The molecule has 1 aromatic rings. The van der Waals surface area contributed by atoms with Gasteiger partial charge in [-0.05, 0) is 11.8 Å². The minimum Gasteiger partial charge on any atom is -0.481 e. The summed E-state index contributed by atoms with van der Waals surface area (Å²) in [6.07, 6.45) is 1.37. The predicted octanol–water partition coefficient (Wildman–Crippen LogP) is -0.110. The average molecular weight is 461 g/mol. The minimum absolute atomic E-state index is 0.0488. The van der Waals surface area contributed by atoms with Crippen molar-refractivity contribution in [3.63, 3.8) is 0 Å². The lowest BCUT2D eigenvalue weighted by Gasteiger charge is -2.49. The molecule has 14 heteroatoms. The fraction of sp³-hybridized carbons (Fsp3) is 0.467. The molecule has 3 rings (SSSR count). The van der Waals surface area contributed by atoms with Crippen LogP contribution in [0, 0.1) is 0 Å². The van der Waals surface area contributed by atoms with E-state index in [2.05, 4.69) is 15.5 Å². The number of carbonyl (C=O) groups is 4. The van der Waals surface area contributed by atoms with Crippen LogP contribution in [-0.2, 0) is 25.6 Å². The normalized spacial score (nSPS) is 20.9. The molecule has 1 aromatic heterocycles. The maximum Gasteiger partial charge on any atom is 0.352 e. The maximum absolute atomic E-state index is 12.5. The number of β-lactam (4-membered cyclic amide) rings is 1. The van der Waals surface area contributed by atoms with E-state index in [-0.39, 0.29) is 34.2 Å². The average Bonchev–Trinajstić information content (AvgIpc) is 3.10. The molecular weight excluding hydrogens is 444 g/mol. The van der Waals surface area contributed by atoms with Crippen LogP contribution in [0.15, 0.2) is 20.9 Å². The number of fused-ring (bicyclic) bond motifs is 1. The van der Waals surface area contributed by atoms with E-state index in [1.807, 2.05) is 0 Å². The molecule has 1 fully saturated rings. The monoisotopic (exact) mass is 460 g/mol. The number of carbonyl (C=O) groups excluding carboxylic acids is 2. The van der Waals surface area contributed by atoms with Gasteiger partial charge in [0.05, 0.1) is 5.75 Å². The molecule has 156 valence electrons. The van der Waals surface area contributed by atoms with Crippen LogP contribution in [0.2, 0.25) is 0 Å². The molecule has 3 N–H and O–H groups in total. The van der Waals surface area contributed by atoms with E-state index in [0.29, 0.717) is 11.3 Å². The van der Waals surface area contributed by atoms with Gasteiger partial charge in [0, 0.05) is 11.5 Å². The van der Waals surface area contributed by atoms with Crippen molar-refractivity contribution in [2.45, 2.75) is 23.1 Å². The first-order chi connectivity index (χ1) is 13.8. The Hall–Kier alpha value is -2.19. The predicted molar refractivity (Wildman–Crippen MR) is 104 cm³/mol. The highest BCUT2D eigenvalue weighted by atomic mass is 32.2. The molecule has 0 radical (unpaired) electrons. The lowest BCUT2D eigenvalue weighted by Crippen LogP contribution is -2.70. The molecule has 2 aliphatic rings. The maximum atomic E-state index is 12.5. The summed E-state index contributed by atoms with van der Waals surface area (Å²) in [4.78, 5) is 47.9. The number of rotatable bonds is 9. The van der Waals surface area contributed by atoms with Gasteiger partial charge in [0.25, 0.3) is 11.1 Å². The number of thioether (sulfide) groups is 3. The Labute approximate surface area is 177 Å². The van der Waals surface area contributed by atoms with Gasteiger partial charge in [-0.15, -0.1) is 22.0 Å². The number of nitrogens with zero attached hydrogens (tertiary/aromatic N) is 3. The van der Waals surface area contributed by atoms with Crippen LogP contribution in [0.1, 0.15) is 5.89 Å². The number of carboxylic acids is 2. The SMILES string of the molecule is CSCC(=O)NC1C(=O)N2C(C(=O)O)=C(CSc3nnc(CC(=O)O)o3)CS[C@H]12. The molecule has 2 aliphatic heterocycles. The van der Waals surface area contributed by atoms with Crippen molar-refractivity contribution in [2.24, 2.45) is 0 Å². The lowest BCUT2D eigenvalue weighted by atomic mass is 10.0. The molecule has 11 nitrogen and oxygen atoms in total. The molecule has 0 aliphatic carbocycles. The fourth-order valence-electron chi connectivity index (χ4n) is 2.79. The highest BCUT2D eigenvalue weighted by Crippen LogP contribution is 2.41. The van der Waals surface area contributed by atoms with Crippen LogP contribution in [0.3, 0.4) is 0 Å². The fourth-order valence-corrected chi connectivity index (χ4v) is 5.40. The van der Waals surface area contributed by atoms with Gasteiger partial charge in [-0.3, -0.25) is 19.3 Å². The minimum atomic E-state index is -1.23. The van der Waals surface area contributed by atoms with Crippen LogP contribution in [0.25, 0.3) is 0 Å². The van der Waals surface area contributed by atoms with Gasteiger partial charge in [0.15, 0.2) is 0 Å². The quantitative estimate of drug-likeness (QED) is 0.331. The Morgan fingerprint density at radius 2 is 2.10 bits per heavy atom. The highest BCUT2D eigenvalue weighted by molar-refractivity contribution is 8.01. The van der Waals surface area contributed by atoms with Crippen molar-refractivity contribution in [1.82, 2.24) is 20.4 Å². The van der Waals surface area contributed by atoms with E-state index in [4.69, 9.17) is 9.52 Å². The molecule has 1 unspecified atom stereocenters. The summed E-state index contributed by atoms with van der Waals surface area (Å²) in [6.45, 7) is 0. The number of aromatic nitrogens is 2. The number of amides is 2. The zero-order valence-electron chi connectivity index (χ0n) is 15.0. The number of hydrogen-bond donors (Lipinski definition) is 3. The zero-order chi connectivity index (χ0) is 21.1. The summed E-state index contributed by atoms with van der Waals surface area (Å²) < 4.78 is 5.20. The second kappa shape index (κ2) is 9.09. The summed E-state index contributed by atoms with van der Waals surface area (Å²) in [5.41, 5.74) is 0.399. The molecule has 2 atom stereocenters. The van der Waals surface area contributed by atoms with E-state index in [9.17, 15) is 24.3 Å². The van der Waals surface area contributed by atoms with Crippen LogP contribution < -0.4 is 5.32 Å². The van der Waals surface area contributed by atoms with E-state index >= 15 is 0 Å². The highest BCUT2D eigenvalue weighted by Gasteiger charge is 2.54. The molecule has 2 amide bonds. The van der Waals surface area contributed by atoms with Gasteiger partial charge in [-0.1, -0.05) is 11.8 Å². The van der Waals surface area contributed by atoms with Gasteiger partial charge < -0.3 is 19.9 Å².